The average Bonchev–Trinajstić information content (AvgIpc) is 2.72. The number of nitrogens with zero attached hydrogens (tertiary/aromatic N) is 1. The van der Waals surface area contributed by atoms with Crippen molar-refractivity contribution in [2.45, 2.75) is 26.7 Å². The zero-order valence-electron chi connectivity index (χ0n) is 16.2. The first kappa shape index (κ1) is 21.2. The topological polar surface area (TPSA) is 74.7 Å². The van der Waals surface area contributed by atoms with E-state index in [2.05, 4.69) is 4.98 Å². The molecule has 28 heavy (non-hydrogen) atoms. The Bertz CT molecular complexity index is 802. The van der Waals surface area contributed by atoms with Gasteiger partial charge in [0.05, 0.1) is 31.7 Å². The molecule has 0 aliphatic rings. The summed E-state index contributed by atoms with van der Waals surface area (Å²) in [4.78, 5) is 27.9. The highest BCUT2D eigenvalue weighted by Gasteiger charge is 2.09. The third kappa shape index (κ3) is 6.87. The Labute approximate surface area is 165 Å². The van der Waals surface area contributed by atoms with Crippen molar-refractivity contribution in [1.29, 1.82) is 0 Å². The van der Waals surface area contributed by atoms with Crippen LogP contribution in [0.2, 0.25) is 0 Å². The Morgan fingerprint density at radius 1 is 1.04 bits per heavy atom. The van der Waals surface area contributed by atoms with E-state index in [-0.39, 0.29) is 11.8 Å². The highest BCUT2D eigenvalue weighted by molar-refractivity contribution is 6.06. The number of benzene rings is 1. The molecule has 2 rings (SSSR count). The summed E-state index contributed by atoms with van der Waals surface area (Å²) in [6, 6.07) is 10.7. The molecular formula is C22H25NO5. The lowest BCUT2D eigenvalue weighted by Crippen LogP contribution is -2.07. The molecule has 1 aromatic carbocycles. The van der Waals surface area contributed by atoms with Gasteiger partial charge in [-0.3, -0.25) is 14.6 Å². The molecule has 0 saturated carbocycles. The normalized spacial score (nSPS) is 10.6. The van der Waals surface area contributed by atoms with Crippen molar-refractivity contribution >= 4 is 17.8 Å². The molecule has 1 heterocycles. The highest BCUT2D eigenvalue weighted by atomic mass is 16.5. The van der Waals surface area contributed by atoms with Crippen molar-refractivity contribution in [1.82, 2.24) is 4.98 Å². The van der Waals surface area contributed by atoms with Gasteiger partial charge in [0.25, 0.3) is 0 Å². The lowest BCUT2D eigenvalue weighted by atomic mass is 10.1. The van der Waals surface area contributed by atoms with Crippen LogP contribution in [-0.4, -0.2) is 36.6 Å². The predicted molar refractivity (Wildman–Crippen MR) is 107 cm³/mol. The summed E-state index contributed by atoms with van der Waals surface area (Å²) in [6.07, 6.45) is 5.50. The quantitative estimate of drug-likeness (QED) is 0.252. The molecule has 0 saturated heterocycles. The first-order valence-corrected chi connectivity index (χ1v) is 9.32. The predicted octanol–water partition coefficient (Wildman–Crippen LogP) is 4.10. The minimum atomic E-state index is -0.242. The van der Waals surface area contributed by atoms with E-state index in [9.17, 15) is 9.59 Å². The maximum atomic E-state index is 12.2. The van der Waals surface area contributed by atoms with E-state index >= 15 is 0 Å². The summed E-state index contributed by atoms with van der Waals surface area (Å²) in [6.45, 7) is 4.83. The second-order valence-electron chi connectivity index (χ2n) is 5.81. The van der Waals surface area contributed by atoms with Crippen LogP contribution >= 0.6 is 0 Å². The molecule has 1 aromatic heterocycles. The maximum Gasteiger partial charge on any atom is 0.305 e. The van der Waals surface area contributed by atoms with Gasteiger partial charge in [-0.25, -0.2) is 0 Å². The lowest BCUT2D eigenvalue weighted by molar-refractivity contribution is -0.143. The van der Waals surface area contributed by atoms with E-state index in [1.54, 1.807) is 37.4 Å². The van der Waals surface area contributed by atoms with Gasteiger partial charge in [-0.1, -0.05) is 30.3 Å². The molecule has 0 unspecified atom stereocenters. The highest BCUT2D eigenvalue weighted by Crippen LogP contribution is 2.27. The number of aromatic nitrogens is 1. The fourth-order valence-corrected chi connectivity index (χ4v) is 2.40. The number of carbonyl (C=O) groups excluding carboxylic acids is 2. The van der Waals surface area contributed by atoms with Crippen molar-refractivity contribution in [3.8, 4) is 11.5 Å². The summed E-state index contributed by atoms with van der Waals surface area (Å²) in [5.41, 5.74) is 1.19. The van der Waals surface area contributed by atoms with Crippen molar-refractivity contribution in [2.24, 2.45) is 0 Å². The van der Waals surface area contributed by atoms with Gasteiger partial charge in [0.15, 0.2) is 17.3 Å². The third-order valence-electron chi connectivity index (χ3n) is 3.70. The number of hydrogen-bond donors (Lipinski definition) is 0. The minimum absolute atomic E-state index is 0.104. The number of allylic oxidation sites excluding steroid dienone is 1. The van der Waals surface area contributed by atoms with Crippen molar-refractivity contribution in [2.75, 3.05) is 19.8 Å². The monoisotopic (exact) mass is 383 g/mol. The van der Waals surface area contributed by atoms with Crippen molar-refractivity contribution in [3.05, 3.63) is 59.9 Å². The molecule has 0 amide bonds. The third-order valence-corrected chi connectivity index (χ3v) is 3.70. The fraction of sp³-hybridized carbons (Fsp3) is 0.318. The lowest BCUT2D eigenvalue weighted by Gasteiger charge is -2.12. The van der Waals surface area contributed by atoms with Crippen LogP contribution in [0.25, 0.3) is 6.08 Å². The van der Waals surface area contributed by atoms with E-state index in [0.717, 1.165) is 0 Å². The molecular weight excluding hydrogens is 358 g/mol. The molecule has 2 aromatic rings. The first-order valence-electron chi connectivity index (χ1n) is 9.32. The van der Waals surface area contributed by atoms with Gasteiger partial charge in [0.2, 0.25) is 0 Å². The van der Waals surface area contributed by atoms with Gasteiger partial charge in [-0.15, -0.1) is 0 Å². The summed E-state index contributed by atoms with van der Waals surface area (Å²) >= 11 is 0. The van der Waals surface area contributed by atoms with Gasteiger partial charge >= 0.3 is 5.97 Å². The van der Waals surface area contributed by atoms with Gasteiger partial charge in [0.1, 0.15) is 0 Å². The summed E-state index contributed by atoms with van der Waals surface area (Å²) < 4.78 is 16.2. The summed E-state index contributed by atoms with van der Waals surface area (Å²) in [5.74, 6) is 0.694. The molecule has 0 aliphatic heterocycles. The molecule has 6 nitrogen and oxygen atoms in total. The fourth-order valence-electron chi connectivity index (χ4n) is 2.40. The van der Waals surface area contributed by atoms with Gasteiger partial charge in [-0.05, 0) is 32.4 Å². The summed E-state index contributed by atoms with van der Waals surface area (Å²) in [7, 11) is 0. The number of ether oxygens (including phenoxy) is 3. The largest absolute Gasteiger partial charge is 0.490 e. The van der Waals surface area contributed by atoms with Crippen LogP contribution in [0.3, 0.4) is 0 Å². The number of ketones is 1. The summed E-state index contributed by atoms with van der Waals surface area (Å²) in [5, 5.41) is 0. The Hall–Kier alpha value is -3.15. The molecule has 0 spiro atoms. The van der Waals surface area contributed by atoms with Crippen LogP contribution in [0.4, 0.5) is 0 Å². The molecule has 0 radical (unpaired) electrons. The molecule has 0 aliphatic carbocycles. The number of hydrogen-bond acceptors (Lipinski definition) is 6. The van der Waals surface area contributed by atoms with Crippen LogP contribution < -0.4 is 9.47 Å². The number of carbonyl (C=O) groups is 2. The first-order chi connectivity index (χ1) is 13.6. The molecule has 6 heteroatoms. The minimum Gasteiger partial charge on any atom is -0.490 e. The zero-order valence-corrected chi connectivity index (χ0v) is 16.2. The Morgan fingerprint density at radius 3 is 2.54 bits per heavy atom. The van der Waals surface area contributed by atoms with Gasteiger partial charge in [0, 0.05) is 18.1 Å². The van der Waals surface area contributed by atoms with E-state index in [1.165, 1.54) is 6.08 Å². The van der Waals surface area contributed by atoms with Crippen LogP contribution in [0.15, 0.2) is 48.7 Å². The van der Waals surface area contributed by atoms with Gasteiger partial charge < -0.3 is 14.2 Å². The van der Waals surface area contributed by atoms with Crippen LogP contribution in [0.1, 0.15) is 42.7 Å². The Morgan fingerprint density at radius 2 is 1.82 bits per heavy atom. The van der Waals surface area contributed by atoms with E-state index in [4.69, 9.17) is 14.2 Å². The molecule has 0 fully saturated rings. The molecule has 0 N–H and O–H groups in total. The van der Waals surface area contributed by atoms with Gasteiger partial charge in [-0.2, -0.15) is 0 Å². The Kier molecular flexibility index (Phi) is 8.72. The van der Waals surface area contributed by atoms with Crippen LogP contribution in [-0.2, 0) is 9.53 Å². The van der Waals surface area contributed by atoms with E-state index in [0.29, 0.717) is 55.4 Å². The second kappa shape index (κ2) is 11.5. The smallest absolute Gasteiger partial charge is 0.305 e. The van der Waals surface area contributed by atoms with Crippen molar-refractivity contribution in [3.63, 3.8) is 0 Å². The van der Waals surface area contributed by atoms with E-state index < -0.39 is 0 Å². The number of esters is 1. The SMILES string of the molecule is CCOC(=O)CCCOc1cc(/C=C/C(=O)c2ccccc2)ncc1OCC. The zero-order chi connectivity index (χ0) is 20.2. The number of pyridine rings is 1. The average molecular weight is 383 g/mol. The van der Waals surface area contributed by atoms with Crippen LogP contribution in [0, 0.1) is 0 Å². The number of rotatable bonds is 11. The maximum absolute atomic E-state index is 12.2. The molecule has 148 valence electrons. The molecule has 0 bridgehead atoms. The van der Waals surface area contributed by atoms with Crippen molar-refractivity contribution < 1.29 is 23.8 Å². The standard InChI is InChI=1S/C22H25NO5/c1-3-26-21-16-23-18(12-13-19(24)17-9-6-5-7-10-17)15-20(21)28-14-8-11-22(25)27-4-2/h5-7,9-10,12-13,15-16H,3-4,8,11,14H2,1-2H3/b13-12+. The van der Waals surface area contributed by atoms with E-state index in [1.807, 2.05) is 25.1 Å². The molecule has 0 atom stereocenters. The second-order valence-corrected chi connectivity index (χ2v) is 5.81. The van der Waals surface area contributed by atoms with Crippen LogP contribution in [0.5, 0.6) is 11.5 Å². The Balaban J connectivity index is 2.02.